The summed E-state index contributed by atoms with van der Waals surface area (Å²) in [6, 6.07) is 7.61. The molecule has 1 heterocycles. The smallest absolute Gasteiger partial charge is 0.222 e. The van der Waals surface area contributed by atoms with E-state index in [9.17, 15) is 0 Å². The van der Waals surface area contributed by atoms with Gasteiger partial charge in [-0.3, -0.25) is 0 Å². The molecule has 0 spiro atoms. The largest absolute Gasteiger partial charge is 0.472 e. The van der Waals surface area contributed by atoms with Gasteiger partial charge in [-0.25, -0.2) is 4.98 Å². The molecule has 0 bridgehead atoms. The van der Waals surface area contributed by atoms with Crippen molar-refractivity contribution in [2.45, 2.75) is 33.3 Å². The Bertz CT molecular complexity index is 599. The van der Waals surface area contributed by atoms with Crippen molar-refractivity contribution in [2.75, 3.05) is 12.4 Å². The van der Waals surface area contributed by atoms with Crippen LogP contribution >= 0.6 is 11.6 Å². The number of hydrogen-bond donors (Lipinski definition) is 1. The number of hydrogen-bond acceptors (Lipinski definition) is 4. The second kappa shape index (κ2) is 7.27. The molecule has 1 aromatic heterocycles. The van der Waals surface area contributed by atoms with Crippen molar-refractivity contribution >= 4 is 17.4 Å². The Hall–Kier alpha value is -1.81. The highest BCUT2D eigenvalue weighted by Gasteiger charge is 2.11. The number of benzene rings is 1. The molecule has 0 aliphatic carbocycles. The van der Waals surface area contributed by atoms with Crippen LogP contribution in [0, 0.1) is 6.92 Å². The van der Waals surface area contributed by atoms with Crippen LogP contribution in [0.25, 0.3) is 0 Å². The number of anilines is 1. The highest BCUT2D eigenvalue weighted by Crippen LogP contribution is 2.23. The summed E-state index contributed by atoms with van der Waals surface area (Å²) in [5.41, 5.74) is 1.98. The van der Waals surface area contributed by atoms with E-state index < -0.39 is 0 Å². The quantitative estimate of drug-likeness (QED) is 0.876. The van der Waals surface area contributed by atoms with Crippen molar-refractivity contribution in [3.8, 4) is 5.88 Å². The Balaban J connectivity index is 2.17. The fourth-order valence-electron chi connectivity index (χ4n) is 1.99. The summed E-state index contributed by atoms with van der Waals surface area (Å²) in [6.45, 7) is 4.53. The average Bonchev–Trinajstić information content (AvgIpc) is 2.49. The van der Waals surface area contributed by atoms with E-state index in [1.54, 1.807) is 0 Å². The molecular weight excluding hydrogens is 286 g/mol. The Morgan fingerprint density at radius 2 is 1.90 bits per heavy atom. The van der Waals surface area contributed by atoms with Gasteiger partial charge in [0.05, 0.1) is 5.56 Å². The first-order chi connectivity index (χ1) is 10.1. The summed E-state index contributed by atoms with van der Waals surface area (Å²) in [7, 11) is 1.86. The number of rotatable bonds is 6. The maximum absolute atomic E-state index is 5.88. The molecule has 2 aromatic rings. The van der Waals surface area contributed by atoms with Crippen molar-refractivity contribution in [3.63, 3.8) is 0 Å². The van der Waals surface area contributed by atoms with Crippen LogP contribution in [0.1, 0.15) is 30.3 Å². The topological polar surface area (TPSA) is 47.0 Å². The van der Waals surface area contributed by atoms with Crippen LogP contribution in [0.2, 0.25) is 5.02 Å². The van der Waals surface area contributed by atoms with Crippen LogP contribution in [0.3, 0.4) is 0 Å². The van der Waals surface area contributed by atoms with E-state index in [1.165, 1.54) is 0 Å². The van der Waals surface area contributed by atoms with E-state index >= 15 is 0 Å². The van der Waals surface area contributed by atoms with E-state index in [-0.39, 0.29) is 0 Å². The molecule has 0 fully saturated rings. The molecule has 112 valence electrons. The van der Waals surface area contributed by atoms with E-state index in [0.29, 0.717) is 12.5 Å². The third kappa shape index (κ3) is 4.08. The Kier molecular flexibility index (Phi) is 5.39. The van der Waals surface area contributed by atoms with E-state index in [1.807, 2.05) is 38.2 Å². The highest BCUT2D eigenvalue weighted by atomic mass is 35.5. The van der Waals surface area contributed by atoms with Gasteiger partial charge in [0.2, 0.25) is 5.88 Å². The van der Waals surface area contributed by atoms with Crippen LogP contribution in [-0.2, 0) is 13.0 Å². The lowest BCUT2D eigenvalue weighted by Crippen LogP contribution is -2.07. The average molecular weight is 306 g/mol. The molecule has 5 heteroatoms. The van der Waals surface area contributed by atoms with Crippen LogP contribution in [0.15, 0.2) is 24.3 Å². The molecule has 1 N–H and O–H groups in total. The van der Waals surface area contributed by atoms with Gasteiger partial charge in [-0.05, 0) is 31.0 Å². The van der Waals surface area contributed by atoms with Crippen LogP contribution in [-0.4, -0.2) is 17.0 Å². The monoisotopic (exact) mass is 305 g/mol. The maximum Gasteiger partial charge on any atom is 0.222 e. The van der Waals surface area contributed by atoms with Gasteiger partial charge >= 0.3 is 0 Å². The van der Waals surface area contributed by atoms with Crippen molar-refractivity contribution in [1.82, 2.24) is 9.97 Å². The van der Waals surface area contributed by atoms with Gasteiger partial charge in [0.1, 0.15) is 18.2 Å². The third-order valence-corrected chi connectivity index (χ3v) is 3.40. The van der Waals surface area contributed by atoms with Crippen LogP contribution in [0.4, 0.5) is 5.82 Å². The van der Waals surface area contributed by atoms with Crippen molar-refractivity contribution in [1.29, 1.82) is 0 Å². The zero-order chi connectivity index (χ0) is 15.2. The Morgan fingerprint density at radius 1 is 1.19 bits per heavy atom. The molecular formula is C16H20ClN3O. The van der Waals surface area contributed by atoms with Gasteiger partial charge in [-0.2, -0.15) is 4.98 Å². The van der Waals surface area contributed by atoms with Gasteiger partial charge in [-0.1, -0.05) is 30.7 Å². The fourth-order valence-corrected chi connectivity index (χ4v) is 2.12. The standard InChI is InChI=1S/C16H20ClN3O/c1-4-5-14-19-15(18-3)11(2)16(20-14)21-10-12-6-8-13(17)9-7-12/h6-9H,4-5,10H2,1-3H3,(H,18,19,20). The lowest BCUT2D eigenvalue weighted by Gasteiger charge is -2.13. The lowest BCUT2D eigenvalue weighted by atomic mass is 10.2. The summed E-state index contributed by atoms with van der Waals surface area (Å²) in [5, 5.41) is 3.81. The molecule has 0 unspecified atom stereocenters. The van der Waals surface area contributed by atoms with Crippen molar-refractivity contribution in [2.24, 2.45) is 0 Å². The lowest BCUT2D eigenvalue weighted by molar-refractivity contribution is 0.290. The minimum absolute atomic E-state index is 0.462. The normalized spacial score (nSPS) is 10.5. The van der Waals surface area contributed by atoms with Crippen molar-refractivity contribution < 1.29 is 4.74 Å². The maximum atomic E-state index is 5.88. The Labute approximate surface area is 130 Å². The van der Waals surface area contributed by atoms with E-state index in [2.05, 4.69) is 22.2 Å². The third-order valence-electron chi connectivity index (χ3n) is 3.15. The van der Waals surface area contributed by atoms with Gasteiger partial charge in [0.25, 0.3) is 0 Å². The predicted molar refractivity (Wildman–Crippen MR) is 86.1 cm³/mol. The molecule has 0 saturated heterocycles. The van der Waals surface area contributed by atoms with E-state index in [0.717, 1.165) is 40.6 Å². The summed E-state index contributed by atoms with van der Waals surface area (Å²) in [4.78, 5) is 8.99. The van der Waals surface area contributed by atoms with Gasteiger partial charge in [-0.15, -0.1) is 0 Å². The number of ether oxygens (including phenoxy) is 1. The summed E-state index contributed by atoms with van der Waals surface area (Å²) < 4.78 is 5.86. The second-order valence-corrected chi connectivity index (χ2v) is 5.27. The minimum Gasteiger partial charge on any atom is -0.472 e. The first kappa shape index (κ1) is 15.6. The van der Waals surface area contributed by atoms with E-state index in [4.69, 9.17) is 16.3 Å². The molecule has 0 aliphatic heterocycles. The molecule has 0 aliphatic rings. The molecule has 0 amide bonds. The molecule has 4 nitrogen and oxygen atoms in total. The van der Waals surface area contributed by atoms with Crippen molar-refractivity contribution in [3.05, 3.63) is 46.2 Å². The molecule has 0 atom stereocenters. The number of nitrogens with zero attached hydrogens (tertiary/aromatic N) is 2. The predicted octanol–water partition coefficient (Wildman–Crippen LogP) is 4.01. The number of halogens is 1. The van der Waals surface area contributed by atoms with Gasteiger partial charge in [0, 0.05) is 18.5 Å². The number of aryl methyl sites for hydroxylation is 1. The molecule has 2 rings (SSSR count). The summed E-state index contributed by atoms with van der Waals surface area (Å²) in [5.74, 6) is 2.26. The molecule has 21 heavy (non-hydrogen) atoms. The SMILES string of the molecule is CCCc1nc(NC)c(C)c(OCc2ccc(Cl)cc2)n1. The van der Waals surface area contributed by atoms with Crippen LogP contribution in [0.5, 0.6) is 5.88 Å². The zero-order valence-corrected chi connectivity index (χ0v) is 13.4. The van der Waals surface area contributed by atoms with Gasteiger partial charge < -0.3 is 10.1 Å². The second-order valence-electron chi connectivity index (χ2n) is 4.83. The highest BCUT2D eigenvalue weighted by molar-refractivity contribution is 6.30. The number of nitrogens with one attached hydrogen (secondary N) is 1. The van der Waals surface area contributed by atoms with Gasteiger partial charge in [0.15, 0.2) is 0 Å². The first-order valence-electron chi connectivity index (χ1n) is 7.06. The number of aromatic nitrogens is 2. The zero-order valence-electron chi connectivity index (χ0n) is 12.6. The minimum atomic E-state index is 0.462. The molecule has 0 radical (unpaired) electrons. The first-order valence-corrected chi connectivity index (χ1v) is 7.44. The molecule has 0 saturated carbocycles. The fraction of sp³-hybridized carbons (Fsp3) is 0.375. The van der Waals surface area contributed by atoms with Crippen LogP contribution < -0.4 is 10.1 Å². The Morgan fingerprint density at radius 3 is 2.52 bits per heavy atom. The molecule has 1 aromatic carbocycles. The summed E-state index contributed by atoms with van der Waals surface area (Å²) >= 11 is 5.88. The summed E-state index contributed by atoms with van der Waals surface area (Å²) in [6.07, 6.45) is 1.84.